The quantitative estimate of drug-likeness (QED) is 0.635. The molecule has 5 atom stereocenters. The van der Waals surface area contributed by atoms with Gasteiger partial charge in [0.15, 0.2) is 0 Å². The fourth-order valence-electron chi connectivity index (χ4n) is 5.58. The highest BCUT2D eigenvalue weighted by Gasteiger charge is 2.43. The van der Waals surface area contributed by atoms with Gasteiger partial charge in [-0.05, 0) is 48.3 Å². The summed E-state index contributed by atoms with van der Waals surface area (Å²) in [4.78, 5) is 29.7. The van der Waals surface area contributed by atoms with Gasteiger partial charge in [-0.3, -0.25) is 9.59 Å². The van der Waals surface area contributed by atoms with Crippen LogP contribution in [-0.4, -0.2) is 54.3 Å². The van der Waals surface area contributed by atoms with Crippen LogP contribution in [0.25, 0.3) is 0 Å². The molecule has 4 unspecified atom stereocenters. The van der Waals surface area contributed by atoms with Gasteiger partial charge in [-0.1, -0.05) is 54.9 Å². The largest absolute Gasteiger partial charge is 0.349 e. The van der Waals surface area contributed by atoms with Crippen LogP contribution >= 0.6 is 11.6 Å². The highest BCUT2D eigenvalue weighted by atomic mass is 35.5. The summed E-state index contributed by atoms with van der Waals surface area (Å²) in [6.07, 6.45) is 1.83. The first-order valence-electron chi connectivity index (χ1n) is 12.2. The monoisotopic (exact) mass is 483 g/mol. The lowest BCUT2D eigenvalue weighted by molar-refractivity contribution is -0.123. The molecule has 3 aliphatic rings. The second kappa shape index (κ2) is 9.67. The number of nitrogens with zero attached hydrogens (tertiary/aromatic N) is 2. The molecule has 2 aliphatic heterocycles. The summed E-state index contributed by atoms with van der Waals surface area (Å²) in [6, 6.07) is 14.5. The van der Waals surface area contributed by atoms with Crippen molar-refractivity contribution in [2.24, 2.45) is 23.7 Å². The molecule has 1 N–H and O–H groups in total. The van der Waals surface area contributed by atoms with Crippen LogP contribution in [0.5, 0.6) is 0 Å². The maximum absolute atomic E-state index is 14.2. The van der Waals surface area contributed by atoms with Crippen LogP contribution in [0.1, 0.15) is 41.7 Å². The fourth-order valence-corrected chi connectivity index (χ4v) is 5.83. The molecular weight excluding hydrogens is 453 g/mol. The van der Waals surface area contributed by atoms with Crippen molar-refractivity contribution in [2.75, 3.05) is 32.7 Å². The molecular formula is C27H31ClFN3O2. The molecule has 0 aromatic heterocycles. The van der Waals surface area contributed by atoms with Crippen molar-refractivity contribution in [1.29, 1.82) is 0 Å². The van der Waals surface area contributed by atoms with Crippen LogP contribution in [0, 0.1) is 29.5 Å². The molecule has 180 valence electrons. The maximum Gasteiger partial charge on any atom is 0.258 e. The lowest BCUT2D eigenvalue weighted by Gasteiger charge is -2.25. The zero-order valence-corrected chi connectivity index (χ0v) is 20.2. The summed E-state index contributed by atoms with van der Waals surface area (Å²) in [5.74, 6) is 0.692. The zero-order chi connectivity index (χ0) is 23.8. The summed E-state index contributed by atoms with van der Waals surface area (Å²) < 4.78 is 14.2. The summed E-state index contributed by atoms with van der Waals surface area (Å²) >= 11 is 6.11. The van der Waals surface area contributed by atoms with Crippen LogP contribution in [0.3, 0.4) is 0 Å². The lowest BCUT2D eigenvalue weighted by Crippen LogP contribution is -2.36. The van der Waals surface area contributed by atoms with Crippen LogP contribution in [0.2, 0.25) is 5.02 Å². The number of nitrogens with one attached hydrogen (secondary N) is 1. The second-order valence-corrected chi connectivity index (χ2v) is 10.6. The summed E-state index contributed by atoms with van der Waals surface area (Å²) in [5, 5.41) is 3.45. The van der Waals surface area contributed by atoms with E-state index in [1.54, 1.807) is 11.0 Å². The molecule has 2 aromatic carbocycles. The number of rotatable bonds is 7. The zero-order valence-electron chi connectivity index (χ0n) is 19.4. The molecule has 2 saturated heterocycles. The van der Waals surface area contributed by atoms with Gasteiger partial charge in [0.05, 0.1) is 16.6 Å². The van der Waals surface area contributed by atoms with Crippen LogP contribution in [0.15, 0.2) is 48.5 Å². The van der Waals surface area contributed by atoms with E-state index < -0.39 is 5.82 Å². The fraction of sp³-hybridized carbons (Fsp3) is 0.481. The van der Waals surface area contributed by atoms with E-state index in [1.807, 2.05) is 18.2 Å². The highest BCUT2D eigenvalue weighted by molar-refractivity contribution is 6.33. The van der Waals surface area contributed by atoms with Crippen molar-refractivity contribution >= 4 is 23.4 Å². The van der Waals surface area contributed by atoms with Crippen molar-refractivity contribution in [1.82, 2.24) is 15.1 Å². The lowest BCUT2D eigenvalue weighted by atomic mass is 10.0. The second-order valence-electron chi connectivity index (χ2n) is 10.2. The number of amides is 2. The van der Waals surface area contributed by atoms with Gasteiger partial charge in [-0.25, -0.2) is 4.39 Å². The van der Waals surface area contributed by atoms with Crippen molar-refractivity contribution < 1.29 is 14.0 Å². The molecule has 0 radical (unpaired) electrons. The van der Waals surface area contributed by atoms with Crippen molar-refractivity contribution in [3.8, 4) is 0 Å². The van der Waals surface area contributed by atoms with E-state index >= 15 is 0 Å². The topological polar surface area (TPSA) is 52.7 Å². The first-order chi connectivity index (χ1) is 16.4. The highest BCUT2D eigenvalue weighted by Crippen LogP contribution is 2.38. The van der Waals surface area contributed by atoms with Crippen molar-refractivity contribution in [3.05, 3.63) is 70.5 Å². The molecule has 34 heavy (non-hydrogen) atoms. The number of carbonyl (C=O) groups excluding carboxylic acids is 2. The summed E-state index contributed by atoms with van der Waals surface area (Å²) in [7, 11) is 0. The van der Waals surface area contributed by atoms with Crippen LogP contribution < -0.4 is 5.32 Å². The number of hydrogen-bond acceptors (Lipinski definition) is 3. The van der Waals surface area contributed by atoms with Crippen LogP contribution in [0.4, 0.5) is 4.39 Å². The van der Waals surface area contributed by atoms with Gasteiger partial charge in [0.2, 0.25) is 5.91 Å². The van der Waals surface area contributed by atoms with E-state index in [2.05, 4.69) is 29.3 Å². The first-order valence-corrected chi connectivity index (χ1v) is 12.6. The first kappa shape index (κ1) is 23.3. The number of benzene rings is 2. The number of carbonyl (C=O) groups is 2. The number of halogens is 2. The number of fused-ring (bicyclic) bond motifs is 1. The normalized spacial score (nSPS) is 26.9. The van der Waals surface area contributed by atoms with E-state index in [4.69, 9.17) is 11.6 Å². The molecule has 2 amide bonds. The smallest absolute Gasteiger partial charge is 0.258 e. The number of likely N-dealkylation sites (tertiary alicyclic amines) is 2. The molecule has 2 aromatic rings. The molecule has 3 fully saturated rings. The van der Waals surface area contributed by atoms with Gasteiger partial charge in [-0.15, -0.1) is 0 Å². The minimum absolute atomic E-state index is 0.00298. The Morgan fingerprint density at radius 3 is 2.35 bits per heavy atom. The van der Waals surface area contributed by atoms with E-state index in [-0.39, 0.29) is 34.4 Å². The molecule has 5 nitrogen and oxygen atoms in total. The summed E-state index contributed by atoms with van der Waals surface area (Å²) in [6.45, 7) is 6.09. The molecule has 5 rings (SSSR count). The standard InChI is InChI=1S/C27H31ClFN3O2/c1-17-12-21(17)26(33)30-24(18-6-3-2-4-7-18)10-11-31-13-19-15-32(16-20(19)14-31)27(34)25-22(28)8-5-9-23(25)29/h2-9,17,19-21,24H,10-16H2,1H3,(H,30,33)/t17?,19?,20?,21?,24-/m0/s1. The Labute approximate surface area is 205 Å². The van der Waals surface area contributed by atoms with Crippen LogP contribution in [-0.2, 0) is 4.79 Å². The SMILES string of the molecule is CC1CC1C(=O)N[C@@H](CCN1CC2CN(C(=O)c3c(F)cccc3Cl)CC2C1)c1ccccc1. The Morgan fingerprint density at radius 1 is 1.06 bits per heavy atom. The predicted octanol–water partition coefficient (Wildman–Crippen LogP) is 4.39. The van der Waals surface area contributed by atoms with Crippen molar-refractivity contribution in [3.63, 3.8) is 0 Å². The van der Waals surface area contributed by atoms with Gasteiger partial charge in [0, 0.05) is 38.6 Å². The van der Waals surface area contributed by atoms with E-state index in [9.17, 15) is 14.0 Å². The van der Waals surface area contributed by atoms with Gasteiger partial charge in [0.1, 0.15) is 5.82 Å². The molecule has 1 saturated carbocycles. The van der Waals surface area contributed by atoms with Gasteiger partial charge in [-0.2, -0.15) is 0 Å². The Balaban J connectivity index is 1.17. The van der Waals surface area contributed by atoms with Gasteiger partial charge < -0.3 is 15.1 Å². The average Bonchev–Trinajstić information content (AvgIpc) is 3.24. The Kier molecular flexibility index (Phi) is 6.63. The summed E-state index contributed by atoms with van der Waals surface area (Å²) in [5.41, 5.74) is 1.12. The van der Waals surface area contributed by atoms with Gasteiger partial charge >= 0.3 is 0 Å². The van der Waals surface area contributed by atoms with E-state index in [0.29, 0.717) is 30.8 Å². The maximum atomic E-state index is 14.2. The average molecular weight is 484 g/mol. The third kappa shape index (κ3) is 4.84. The van der Waals surface area contributed by atoms with Crippen molar-refractivity contribution in [2.45, 2.75) is 25.8 Å². The Hall–Kier alpha value is -2.44. The molecule has 2 heterocycles. The molecule has 7 heteroatoms. The van der Waals surface area contributed by atoms with E-state index in [1.165, 1.54) is 12.1 Å². The van der Waals surface area contributed by atoms with Gasteiger partial charge in [0.25, 0.3) is 5.91 Å². The minimum Gasteiger partial charge on any atom is -0.349 e. The Morgan fingerprint density at radius 2 is 1.74 bits per heavy atom. The third-order valence-corrected chi connectivity index (χ3v) is 8.04. The third-order valence-electron chi connectivity index (χ3n) is 7.72. The Bertz CT molecular complexity index is 1030. The number of hydrogen-bond donors (Lipinski definition) is 1. The molecule has 0 bridgehead atoms. The predicted molar refractivity (Wildman–Crippen MR) is 130 cm³/mol. The molecule has 0 spiro atoms. The van der Waals surface area contributed by atoms with E-state index in [0.717, 1.165) is 38.0 Å². The minimum atomic E-state index is -0.564. The molecule has 1 aliphatic carbocycles.